The number of phosphoric ester groups is 1. The number of hydrogen-bond acceptors (Lipinski definition) is 5. The van der Waals surface area contributed by atoms with Crippen LogP contribution in [0.4, 0.5) is 0 Å². The molecule has 0 aromatic carbocycles. The first-order valence-corrected chi connectivity index (χ1v) is 28.8. The molecule has 66 heavy (non-hydrogen) atoms. The van der Waals surface area contributed by atoms with Crippen LogP contribution in [-0.4, -0.2) is 73.4 Å². The van der Waals surface area contributed by atoms with Crippen molar-refractivity contribution < 1.29 is 32.9 Å². The summed E-state index contributed by atoms with van der Waals surface area (Å²) in [6, 6.07) is -0.779. The second kappa shape index (κ2) is 48.0. The molecule has 8 nitrogen and oxygen atoms in total. The van der Waals surface area contributed by atoms with E-state index in [9.17, 15) is 19.4 Å². The fourth-order valence-electron chi connectivity index (χ4n) is 7.70. The van der Waals surface area contributed by atoms with Crippen molar-refractivity contribution in [3.05, 3.63) is 72.9 Å². The van der Waals surface area contributed by atoms with Gasteiger partial charge in [-0.1, -0.05) is 234 Å². The molecule has 0 rings (SSSR count). The first-order valence-electron chi connectivity index (χ1n) is 27.3. The zero-order valence-corrected chi connectivity index (χ0v) is 44.6. The van der Waals surface area contributed by atoms with Gasteiger partial charge in [0.25, 0.3) is 0 Å². The summed E-state index contributed by atoms with van der Waals surface area (Å²) in [4.78, 5) is 23.3. The van der Waals surface area contributed by atoms with Crippen molar-refractivity contribution in [2.24, 2.45) is 0 Å². The molecule has 0 spiro atoms. The lowest BCUT2D eigenvalue weighted by molar-refractivity contribution is -0.870. The van der Waals surface area contributed by atoms with Crippen molar-refractivity contribution in [2.45, 2.75) is 244 Å². The molecular weight excluding hydrogens is 840 g/mol. The van der Waals surface area contributed by atoms with Crippen LogP contribution in [-0.2, 0) is 18.4 Å². The van der Waals surface area contributed by atoms with Crippen LogP contribution in [0.15, 0.2) is 72.9 Å². The van der Waals surface area contributed by atoms with Crippen molar-refractivity contribution in [1.29, 1.82) is 0 Å². The molecule has 0 aliphatic rings. The minimum absolute atomic E-state index is 0.0659. The van der Waals surface area contributed by atoms with E-state index < -0.39 is 20.0 Å². The third kappa shape index (κ3) is 49.8. The van der Waals surface area contributed by atoms with Crippen LogP contribution >= 0.6 is 7.82 Å². The van der Waals surface area contributed by atoms with Gasteiger partial charge >= 0.3 is 7.82 Å². The van der Waals surface area contributed by atoms with Crippen LogP contribution in [0.1, 0.15) is 232 Å². The van der Waals surface area contributed by atoms with Crippen LogP contribution in [0, 0.1) is 0 Å². The largest absolute Gasteiger partial charge is 0.472 e. The summed E-state index contributed by atoms with van der Waals surface area (Å²) in [5, 5.41) is 14.0. The highest BCUT2D eigenvalue weighted by molar-refractivity contribution is 7.47. The van der Waals surface area contributed by atoms with Gasteiger partial charge in [0, 0.05) is 6.42 Å². The molecule has 0 aromatic heterocycles. The number of quaternary nitrogens is 1. The summed E-state index contributed by atoms with van der Waals surface area (Å²) in [6.07, 6.45) is 65.1. The van der Waals surface area contributed by atoms with E-state index in [2.05, 4.69) is 92.1 Å². The maximum absolute atomic E-state index is 13.0. The number of carbonyl (C=O) groups is 1. The van der Waals surface area contributed by atoms with Gasteiger partial charge in [0.05, 0.1) is 39.9 Å². The molecule has 0 heterocycles. The first kappa shape index (κ1) is 63.9. The molecule has 3 N–H and O–H groups in total. The van der Waals surface area contributed by atoms with Crippen LogP contribution < -0.4 is 5.32 Å². The Kier molecular flexibility index (Phi) is 46.5. The number of allylic oxidation sites excluding steroid dienone is 12. The topological polar surface area (TPSA) is 105 Å². The number of aliphatic hydroxyl groups excluding tert-OH is 1. The molecule has 0 aliphatic carbocycles. The summed E-state index contributed by atoms with van der Waals surface area (Å²) < 4.78 is 23.7. The number of rotatable bonds is 49. The molecule has 3 atom stereocenters. The Morgan fingerprint density at radius 3 is 1.33 bits per heavy atom. The Balaban J connectivity index is 4.30. The van der Waals surface area contributed by atoms with E-state index in [1.807, 2.05) is 21.1 Å². The lowest BCUT2D eigenvalue weighted by Gasteiger charge is -2.26. The van der Waals surface area contributed by atoms with Crippen LogP contribution in [0.2, 0.25) is 0 Å². The summed E-state index contributed by atoms with van der Waals surface area (Å²) >= 11 is 0. The zero-order chi connectivity index (χ0) is 48.5. The van der Waals surface area contributed by atoms with Gasteiger partial charge in [-0.25, -0.2) is 4.57 Å². The Labute approximate surface area is 408 Å². The van der Waals surface area contributed by atoms with Gasteiger partial charge in [-0.15, -0.1) is 0 Å². The van der Waals surface area contributed by atoms with Crippen molar-refractivity contribution in [3.63, 3.8) is 0 Å². The fourth-order valence-corrected chi connectivity index (χ4v) is 8.43. The molecule has 3 unspecified atom stereocenters. The quantitative estimate of drug-likeness (QED) is 0.0243. The minimum Gasteiger partial charge on any atom is -0.391 e. The fraction of sp³-hybridized carbons (Fsp3) is 0.772. The van der Waals surface area contributed by atoms with Gasteiger partial charge in [0.1, 0.15) is 13.2 Å². The maximum Gasteiger partial charge on any atom is 0.472 e. The van der Waals surface area contributed by atoms with Gasteiger partial charge in [-0.05, 0) is 64.2 Å². The molecule has 0 bridgehead atoms. The maximum atomic E-state index is 13.0. The van der Waals surface area contributed by atoms with Gasteiger partial charge < -0.3 is 19.8 Å². The zero-order valence-electron chi connectivity index (χ0n) is 43.7. The van der Waals surface area contributed by atoms with E-state index >= 15 is 0 Å². The number of unbranched alkanes of at least 4 members (excludes halogenated alkanes) is 24. The van der Waals surface area contributed by atoms with E-state index in [1.54, 1.807) is 0 Å². The van der Waals surface area contributed by atoms with E-state index in [-0.39, 0.29) is 19.1 Å². The molecule has 0 saturated carbocycles. The monoisotopic (exact) mass is 946 g/mol. The van der Waals surface area contributed by atoms with E-state index in [0.717, 1.165) is 89.9 Å². The van der Waals surface area contributed by atoms with Crippen molar-refractivity contribution >= 4 is 13.7 Å². The van der Waals surface area contributed by atoms with E-state index in [1.165, 1.54) is 116 Å². The number of phosphoric acid groups is 1. The summed E-state index contributed by atoms with van der Waals surface area (Å²) in [6.45, 7) is 4.76. The second-order valence-electron chi connectivity index (χ2n) is 19.6. The Hall–Kier alpha value is -2.06. The lowest BCUT2D eigenvalue weighted by atomic mass is 10.0. The van der Waals surface area contributed by atoms with Crippen molar-refractivity contribution in [3.8, 4) is 0 Å². The molecule has 0 radical (unpaired) electrons. The SMILES string of the molecule is CC/C=C\C/C=C\C/C=C\C/C=C\C/C=C\C/C=C\CCCCCCC(=O)NC(COP(=O)(O)OCC[N+](C)(C)C)C(O)CCCCCCCCCCCCCCCCCCCCCCC. The van der Waals surface area contributed by atoms with E-state index in [0.29, 0.717) is 23.9 Å². The third-order valence-corrected chi connectivity index (χ3v) is 13.0. The van der Waals surface area contributed by atoms with Gasteiger partial charge in [-0.3, -0.25) is 13.8 Å². The predicted molar refractivity (Wildman–Crippen MR) is 286 cm³/mol. The molecule has 0 fully saturated rings. The molecule has 1 amide bonds. The summed E-state index contributed by atoms with van der Waals surface area (Å²) in [7, 11) is 1.59. The smallest absolute Gasteiger partial charge is 0.391 e. The average molecular weight is 946 g/mol. The number of aliphatic hydroxyl groups is 1. The van der Waals surface area contributed by atoms with Crippen molar-refractivity contribution in [1.82, 2.24) is 5.32 Å². The summed E-state index contributed by atoms with van der Waals surface area (Å²) in [5.41, 5.74) is 0. The first-order chi connectivity index (χ1) is 32.0. The van der Waals surface area contributed by atoms with Gasteiger partial charge in [0.2, 0.25) is 5.91 Å². The van der Waals surface area contributed by atoms with Crippen LogP contribution in [0.5, 0.6) is 0 Å². The van der Waals surface area contributed by atoms with E-state index in [4.69, 9.17) is 9.05 Å². The molecule has 0 saturated heterocycles. The number of amides is 1. The second-order valence-corrected chi connectivity index (χ2v) is 21.0. The number of likely N-dealkylation sites (N-methyl/N-ethyl adjacent to an activating group) is 1. The average Bonchev–Trinajstić information content (AvgIpc) is 3.28. The lowest BCUT2D eigenvalue weighted by Crippen LogP contribution is -2.46. The molecule has 0 aliphatic heterocycles. The number of carbonyl (C=O) groups excluding carboxylic acids is 1. The standard InChI is InChI=1S/C57H105N2O6P/c1-6-8-10-12-14-16-18-20-22-24-26-28-29-31-33-35-37-39-41-43-45-47-49-51-57(61)58-55(54-65-66(62,63)64-53-52-59(3,4)5)56(60)50-48-46-44-42-40-38-36-34-32-30-27-25-23-21-19-17-15-13-11-9-7-2/h8,10,14,16,20,22,26,28,31,33,37,39,55-56,60H,6-7,9,11-13,15,17-19,21,23-25,27,29-30,32,34-36,38,40-54H2,1-5H3,(H-,58,61,62,63)/p+1/b10-8-,16-14-,22-20-,28-26-,33-31-,39-37-. The predicted octanol–water partition coefficient (Wildman–Crippen LogP) is 16.3. The molecular formula is C57H106N2O6P+. The number of hydrogen-bond donors (Lipinski definition) is 3. The Morgan fingerprint density at radius 1 is 0.530 bits per heavy atom. The highest BCUT2D eigenvalue weighted by Crippen LogP contribution is 2.43. The summed E-state index contributed by atoms with van der Waals surface area (Å²) in [5.74, 6) is -0.169. The molecule has 384 valence electrons. The van der Waals surface area contributed by atoms with Crippen LogP contribution in [0.25, 0.3) is 0 Å². The minimum atomic E-state index is -4.33. The number of nitrogens with one attached hydrogen (secondary N) is 1. The normalized spacial score (nSPS) is 14.6. The van der Waals surface area contributed by atoms with Gasteiger partial charge in [0.15, 0.2) is 0 Å². The van der Waals surface area contributed by atoms with Crippen molar-refractivity contribution in [2.75, 3.05) is 40.9 Å². The molecule has 9 heteroatoms. The highest BCUT2D eigenvalue weighted by atomic mass is 31.2. The highest BCUT2D eigenvalue weighted by Gasteiger charge is 2.28. The third-order valence-electron chi connectivity index (χ3n) is 12.0. The van der Waals surface area contributed by atoms with Crippen LogP contribution in [0.3, 0.4) is 0 Å². The Morgan fingerprint density at radius 2 is 0.909 bits per heavy atom. The number of nitrogens with zero attached hydrogens (tertiary/aromatic N) is 1. The van der Waals surface area contributed by atoms with Gasteiger partial charge in [-0.2, -0.15) is 0 Å². The molecule has 0 aromatic rings. The Bertz CT molecular complexity index is 1300.